The Balaban J connectivity index is 1.71. The molecule has 0 unspecified atom stereocenters. The first kappa shape index (κ1) is 16.2. The lowest BCUT2D eigenvalue weighted by molar-refractivity contribution is 0.0844. The van der Waals surface area contributed by atoms with Crippen LogP contribution >= 0.6 is 15.9 Å². The molecule has 0 aromatic carbocycles. The highest BCUT2D eigenvalue weighted by atomic mass is 79.9. The smallest absolute Gasteiger partial charge is 0.286 e. The fraction of sp³-hybridized carbons (Fsp3) is 0.200. The summed E-state index contributed by atoms with van der Waals surface area (Å²) in [6.45, 7) is 4.01. The number of aromatic amines is 1. The van der Waals surface area contributed by atoms with Crippen LogP contribution in [0.5, 0.6) is 0 Å². The molecule has 0 spiro atoms. The molecule has 0 aliphatic heterocycles. The lowest BCUT2D eigenvalue weighted by atomic mass is 10.2. The van der Waals surface area contributed by atoms with Crippen LogP contribution < -0.4 is 10.9 Å². The second-order valence-electron chi connectivity index (χ2n) is 5.46. The van der Waals surface area contributed by atoms with E-state index in [0.717, 1.165) is 9.86 Å². The number of halogens is 1. The third-order valence-corrected chi connectivity index (χ3v) is 3.82. The van der Waals surface area contributed by atoms with Gasteiger partial charge in [0.2, 0.25) is 0 Å². The summed E-state index contributed by atoms with van der Waals surface area (Å²) >= 11 is 3.24. The molecule has 3 aromatic heterocycles. The van der Waals surface area contributed by atoms with E-state index in [9.17, 15) is 9.59 Å². The number of carbonyl (C=O) groups is 2. The zero-order chi connectivity index (χ0) is 17.3. The van der Waals surface area contributed by atoms with Crippen LogP contribution in [-0.2, 0) is 0 Å². The summed E-state index contributed by atoms with van der Waals surface area (Å²) in [4.78, 5) is 31.1. The number of hydrogen-bond donors (Lipinski definition) is 3. The van der Waals surface area contributed by atoms with Gasteiger partial charge in [-0.1, -0.05) is 0 Å². The molecular weight excluding hydrogens is 376 g/mol. The number of rotatable bonds is 3. The third-order valence-electron chi connectivity index (χ3n) is 3.37. The van der Waals surface area contributed by atoms with Crippen molar-refractivity contribution in [2.75, 3.05) is 0 Å². The van der Waals surface area contributed by atoms with E-state index >= 15 is 0 Å². The minimum absolute atomic E-state index is 0.175. The predicted octanol–water partition coefficient (Wildman–Crippen LogP) is 2.18. The number of nitrogens with zero attached hydrogens (tertiary/aromatic N) is 3. The number of fused-ring (bicyclic) bond motifs is 1. The zero-order valence-electron chi connectivity index (χ0n) is 13.0. The Labute approximate surface area is 145 Å². The first-order valence-electron chi connectivity index (χ1n) is 7.23. The lowest BCUT2D eigenvalue weighted by Gasteiger charge is -2.08. The number of hydrazine groups is 1. The van der Waals surface area contributed by atoms with E-state index in [-0.39, 0.29) is 6.04 Å². The number of pyridine rings is 1. The van der Waals surface area contributed by atoms with Gasteiger partial charge >= 0.3 is 0 Å². The monoisotopic (exact) mass is 390 g/mol. The molecule has 3 aromatic rings. The van der Waals surface area contributed by atoms with Crippen molar-refractivity contribution in [1.29, 1.82) is 0 Å². The average molecular weight is 391 g/mol. The van der Waals surface area contributed by atoms with Gasteiger partial charge in [0.25, 0.3) is 11.8 Å². The fourth-order valence-electron chi connectivity index (χ4n) is 2.19. The predicted molar refractivity (Wildman–Crippen MR) is 91.3 cm³/mol. The summed E-state index contributed by atoms with van der Waals surface area (Å²) in [6.07, 6.45) is 4.74. The molecule has 0 saturated heterocycles. The van der Waals surface area contributed by atoms with Crippen molar-refractivity contribution in [3.05, 3.63) is 46.5 Å². The summed E-state index contributed by atoms with van der Waals surface area (Å²) in [5.41, 5.74) is 6.07. The van der Waals surface area contributed by atoms with Crippen molar-refractivity contribution < 1.29 is 9.59 Å². The van der Waals surface area contributed by atoms with E-state index < -0.39 is 11.8 Å². The Hall–Kier alpha value is -2.68. The van der Waals surface area contributed by atoms with Crippen molar-refractivity contribution in [3.8, 4) is 0 Å². The SMILES string of the molecule is CC(C)n1ncc2cc(C(=O)NNC(=O)c3cc(Br)c[nH]3)cnc21. The number of carbonyl (C=O) groups excluding carboxylic acids is 2. The molecule has 24 heavy (non-hydrogen) atoms. The molecule has 0 bridgehead atoms. The van der Waals surface area contributed by atoms with Crippen molar-refractivity contribution >= 4 is 38.8 Å². The normalized spacial score (nSPS) is 11.0. The van der Waals surface area contributed by atoms with Crippen LogP contribution in [0.15, 0.2) is 35.2 Å². The van der Waals surface area contributed by atoms with Gasteiger partial charge in [0, 0.05) is 28.3 Å². The summed E-state index contributed by atoms with van der Waals surface area (Å²) in [7, 11) is 0. The van der Waals surface area contributed by atoms with Crippen LogP contribution in [0.25, 0.3) is 11.0 Å². The Kier molecular flexibility index (Phi) is 4.34. The summed E-state index contributed by atoms with van der Waals surface area (Å²) < 4.78 is 2.53. The summed E-state index contributed by atoms with van der Waals surface area (Å²) in [6, 6.07) is 3.46. The quantitative estimate of drug-likeness (QED) is 0.596. The largest absolute Gasteiger partial charge is 0.356 e. The molecule has 0 fully saturated rings. The van der Waals surface area contributed by atoms with Crippen LogP contribution in [0, 0.1) is 0 Å². The van der Waals surface area contributed by atoms with E-state index in [4.69, 9.17) is 0 Å². The average Bonchev–Trinajstić information content (AvgIpc) is 3.17. The third kappa shape index (κ3) is 3.16. The highest BCUT2D eigenvalue weighted by Gasteiger charge is 2.13. The molecule has 8 nitrogen and oxygen atoms in total. The van der Waals surface area contributed by atoms with E-state index in [0.29, 0.717) is 16.9 Å². The van der Waals surface area contributed by atoms with Gasteiger partial charge in [-0.05, 0) is 41.9 Å². The van der Waals surface area contributed by atoms with Crippen molar-refractivity contribution in [2.24, 2.45) is 0 Å². The molecule has 0 aliphatic carbocycles. The van der Waals surface area contributed by atoms with Crippen molar-refractivity contribution in [2.45, 2.75) is 19.9 Å². The summed E-state index contributed by atoms with van der Waals surface area (Å²) in [5, 5.41) is 5.02. The van der Waals surface area contributed by atoms with E-state index in [1.807, 2.05) is 13.8 Å². The number of hydrogen-bond acceptors (Lipinski definition) is 4. The first-order valence-corrected chi connectivity index (χ1v) is 8.03. The number of nitrogens with one attached hydrogen (secondary N) is 3. The van der Waals surface area contributed by atoms with Gasteiger partial charge in [-0.15, -0.1) is 0 Å². The number of H-pyrrole nitrogens is 1. The lowest BCUT2D eigenvalue weighted by Crippen LogP contribution is -2.41. The number of amides is 2. The highest BCUT2D eigenvalue weighted by Crippen LogP contribution is 2.16. The standard InChI is InChI=1S/C15H15BrN6O2/c1-8(2)22-13-9(6-19-22)3-10(5-18-13)14(23)20-21-15(24)12-4-11(16)7-17-12/h3-8,17H,1-2H3,(H,20,23)(H,21,24). The van der Waals surface area contributed by atoms with Crippen LogP contribution in [0.4, 0.5) is 0 Å². The molecular formula is C15H15BrN6O2. The molecule has 0 aliphatic rings. The van der Waals surface area contributed by atoms with Gasteiger partial charge in [0.15, 0.2) is 5.65 Å². The first-order chi connectivity index (χ1) is 11.5. The maximum atomic E-state index is 12.2. The Morgan fingerprint density at radius 1 is 1.21 bits per heavy atom. The maximum Gasteiger partial charge on any atom is 0.286 e. The van der Waals surface area contributed by atoms with E-state index in [1.54, 1.807) is 29.2 Å². The zero-order valence-corrected chi connectivity index (χ0v) is 14.6. The molecule has 9 heteroatoms. The fourth-order valence-corrected chi connectivity index (χ4v) is 2.54. The molecule has 3 rings (SSSR count). The van der Waals surface area contributed by atoms with Crippen molar-refractivity contribution in [1.82, 2.24) is 30.6 Å². The van der Waals surface area contributed by atoms with Gasteiger partial charge in [-0.25, -0.2) is 9.67 Å². The van der Waals surface area contributed by atoms with Crippen LogP contribution in [0.3, 0.4) is 0 Å². The van der Waals surface area contributed by atoms with Crippen LogP contribution in [0.2, 0.25) is 0 Å². The van der Waals surface area contributed by atoms with Gasteiger partial charge in [-0.3, -0.25) is 20.4 Å². The molecule has 3 heterocycles. The minimum atomic E-state index is -0.458. The van der Waals surface area contributed by atoms with Crippen LogP contribution in [0.1, 0.15) is 40.7 Å². The van der Waals surface area contributed by atoms with E-state index in [1.165, 1.54) is 6.20 Å². The Morgan fingerprint density at radius 3 is 2.62 bits per heavy atom. The summed E-state index contributed by atoms with van der Waals surface area (Å²) in [5.74, 6) is -0.906. The molecule has 0 atom stereocenters. The van der Waals surface area contributed by atoms with Gasteiger partial charge < -0.3 is 4.98 Å². The second kappa shape index (κ2) is 6.44. The van der Waals surface area contributed by atoms with Gasteiger partial charge in [0.1, 0.15) is 5.69 Å². The molecule has 2 amide bonds. The molecule has 3 N–H and O–H groups in total. The second-order valence-corrected chi connectivity index (χ2v) is 6.38. The van der Waals surface area contributed by atoms with Crippen LogP contribution in [-0.4, -0.2) is 31.6 Å². The van der Waals surface area contributed by atoms with Gasteiger partial charge in [-0.2, -0.15) is 5.10 Å². The van der Waals surface area contributed by atoms with E-state index in [2.05, 4.69) is 41.8 Å². The van der Waals surface area contributed by atoms with Crippen molar-refractivity contribution in [3.63, 3.8) is 0 Å². The maximum absolute atomic E-state index is 12.2. The minimum Gasteiger partial charge on any atom is -0.356 e. The number of aromatic nitrogens is 4. The molecule has 0 saturated carbocycles. The Bertz CT molecular complexity index is 914. The van der Waals surface area contributed by atoms with Gasteiger partial charge in [0.05, 0.1) is 11.8 Å². The molecule has 124 valence electrons. The molecule has 0 radical (unpaired) electrons. The Morgan fingerprint density at radius 2 is 1.96 bits per heavy atom. The highest BCUT2D eigenvalue weighted by molar-refractivity contribution is 9.10. The topological polar surface area (TPSA) is 105 Å².